The molecule has 0 spiro atoms. The molecule has 9 heteroatoms. The lowest BCUT2D eigenvalue weighted by atomic mass is 10.0. The summed E-state index contributed by atoms with van der Waals surface area (Å²) in [7, 11) is 0. The molecule has 0 heterocycles. The monoisotopic (exact) mass is 469 g/mol. The molecule has 2 atom stereocenters. The molecule has 2 aromatic carbocycles. The summed E-state index contributed by atoms with van der Waals surface area (Å²) in [6.45, 7) is 1.98. The summed E-state index contributed by atoms with van der Waals surface area (Å²) in [6.07, 6.45) is 0.628. The van der Waals surface area contributed by atoms with Crippen molar-refractivity contribution in [1.29, 1.82) is 0 Å². The molecule has 182 valence electrons. The summed E-state index contributed by atoms with van der Waals surface area (Å²) in [5.74, 6) is -1.05. The van der Waals surface area contributed by atoms with Crippen molar-refractivity contribution in [2.75, 3.05) is 13.1 Å². The van der Waals surface area contributed by atoms with Crippen molar-refractivity contribution in [1.82, 2.24) is 10.6 Å². The van der Waals surface area contributed by atoms with E-state index < -0.39 is 22.8 Å². The van der Waals surface area contributed by atoms with Crippen LogP contribution in [0.3, 0.4) is 0 Å². The zero-order chi connectivity index (χ0) is 24.8. The molecule has 0 fully saturated rings. The van der Waals surface area contributed by atoms with Gasteiger partial charge < -0.3 is 15.4 Å². The first-order chi connectivity index (χ1) is 16.3. The number of alkyl carbamates (subject to hydrolysis) is 1. The molecule has 0 bridgehead atoms. The lowest BCUT2D eigenvalue weighted by Crippen LogP contribution is -2.39. The normalized spacial score (nSPS) is 12.3. The van der Waals surface area contributed by atoms with Crippen LogP contribution in [0.4, 0.5) is 4.79 Å². The summed E-state index contributed by atoms with van der Waals surface area (Å²) in [4.78, 5) is 46.9. The standard InChI is InChI=1S/C25H31N3O6/c1-19(14-15-26-25(31)34-18-21-10-6-3-7-11-21)16-24(30)27-17-23(29)22(28(32)33)13-12-20-8-4-2-5-9-20/h2-11,19,22H,12-18H2,1H3,(H,26,31)(H,27,30). The molecule has 0 aromatic heterocycles. The highest BCUT2D eigenvalue weighted by Gasteiger charge is 2.29. The number of carbonyl (C=O) groups excluding carboxylic acids is 3. The van der Waals surface area contributed by atoms with Gasteiger partial charge in [0.2, 0.25) is 11.7 Å². The van der Waals surface area contributed by atoms with Gasteiger partial charge in [-0.25, -0.2) is 4.79 Å². The summed E-state index contributed by atoms with van der Waals surface area (Å²) in [6, 6.07) is 17.2. The largest absolute Gasteiger partial charge is 0.445 e. The van der Waals surface area contributed by atoms with Crippen LogP contribution in [0.1, 0.15) is 37.3 Å². The van der Waals surface area contributed by atoms with Crippen LogP contribution in [0.5, 0.6) is 0 Å². The molecule has 2 amide bonds. The molecular weight excluding hydrogens is 438 g/mol. The van der Waals surface area contributed by atoms with Crippen LogP contribution in [0.15, 0.2) is 60.7 Å². The zero-order valence-corrected chi connectivity index (χ0v) is 19.3. The van der Waals surface area contributed by atoms with E-state index in [-0.39, 0.29) is 37.8 Å². The molecule has 34 heavy (non-hydrogen) atoms. The van der Waals surface area contributed by atoms with Gasteiger partial charge in [-0.15, -0.1) is 0 Å². The van der Waals surface area contributed by atoms with Crippen molar-refractivity contribution in [3.05, 3.63) is 81.9 Å². The summed E-state index contributed by atoms with van der Waals surface area (Å²) < 4.78 is 5.12. The van der Waals surface area contributed by atoms with Crippen LogP contribution in [-0.2, 0) is 27.4 Å². The molecule has 2 rings (SSSR count). The van der Waals surface area contributed by atoms with Gasteiger partial charge >= 0.3 is 6.09 Å². The first kappa shape index (κ1) is 26.5. The highest BCUT2D eigenvalue weighted by atomic mass is 16.6. The number of ketones is 1. The van der Waals surface area contributed by atoms with E-state index in [1.54, 1.807) is 0 Å². The minimum atomic E-state index is -1.36. The van der Waals surface area contributed by atoms with Crippen molar-refractivity contribution in [2.24, 2.45) is 5.92 Å². The summed E-state index contributed by atoms with van der Waals surface area (Å²) in [5, 5.41) is 16.4. The number of rotatable bonds is 14. The Morgan fingerprint density at radius 3 is 2.18 bits per heavy atom. The topological polar surface area (TPSA) is 128 Å². The number of hydrogen-bond acceptors (Lipinski definition) is 6. The van der Waals surface area contributed by atoms with Gasteiger partial charge in [0, 0.05) is 24.3 Å². The lowest BCUT2D eigenvalue weighted by Gasteiger charge is -2.13. The first-order valence-electron chi connectivity index (χ1n) is 11.3. The third-order valence-electron chi connectivity index (χ3n) is 5.29. The van der Waals surface area contributed by atoms with Crippen LogP contribution in [0.2, 0.25) is 0 Å². The van der Waals surface area contributed by atoms with E-state index in [2.05, 4.69) is 10.6 Å². The molecule has 2 unspecified atom stereocenters. The Kier molecular flexibility index (Phi) is 11.2. The first-order valence-corrected chi connectivity index (χ1v) is 11.3. The average Bonchev–Trinajstić information content (AvgIpc) is 2.82. The number of benzene rings is 2. The minimum Gasteiger partial charge on any atom is -0.445 e. The Balaban J connectivity index is 1.63. The zero-order valence-electron chi connectivity index (χ0n) is 19.3. The number of nitrogens with zero attached hydrogens (tertiary/aromatic N) is 1. The number of ether oxygens (including phenoxy) is 1. The maximum absolute atomic E-state index is 12.3. The Labute approximate surface area is 199 Å². The van der Waals surface area contributed by atoms with Gasteiger partial charge in [-0.1, -0.05) is 67.6 Å². The number of carbonyl (C=O) groups is 3. The average molecular weight is 470 g/mol. The second-order valence-corrected chi connectivity index (χ2v) is 8.15. The predicted molar refractivity (Wildman–Crippen MR) is 127 cm³/mol. The highest BCUT2D eigenvalue weighted by Crippen LogP contribution is 2.09. The number of aryl methyl sites for hydroxylation is 1. The van der Waals surface area contributed by atoms with Crippen LogP contribution in [0, 0.1) is 16.0 Å². The van der Waals surface area contributed by atoms with Crippen molar-refractivity contribution in [2.45, 2.75) is 45.3 Å². The van der Waals surface area contributed by atoms with Gasteiger partial charge in [0.15, 0.2) is 0 Å². The second kappa shape index (κ2) is 14.4. The summed E-state index contributed by atoms with van der Waals surface area (Å²) in [5.41, 5.74) is 1.80. The molecular formula is C25H31N3O6. The fraction of sp³-hybridized carbons (Fsp3) is 0.400. The van der Waals surface area contributed by atoms with Gasteiger partial charge in [0.25, 0.3) is 6.04 Å². The molecule has 0 aliphatic heterocycles. The van der Waals surface area contributed by atoms with Crippen LogP contribution in [-0.4, -0.2) is 41.8 Å². The van der Waals surface area contributed by atoms with E-state index in [9.17, 15) is 24.5 Å². The van der Waals surface area contributed by atoms with Gasteiger partial charge in [0.1, 0.15) is 6.61 Å². The molecule has 0 radical (unpaired) electrons. The van der Waals surface area contributed by atoms with Crippen molar-refractivity contribution < 1.29 is 24.0 Å². The van der Waals surface area contributed by atoms with Crippen molar-refractivity contribution in [3.8, 4) is 0 Å². The molecule has 2 aromatic rings. The quantitative estimate of drug-likeness (QED) is 0.323. The Morgan fingerprint density at radius 1 is 0.941 bits per heavy atom. The van der Waals surface area contributed by atoms with Gasteiger partial charge in [-0.2, -0.15) is 0 Å². The van der Waals surface area contributed by atoms with E-state index in [1.165, 1.54) is 0 Å². The highest BCUT2D eigenvalue weighted by molar-refractivity contribution is 5.88. The van der Waals surface area contributed by atoms with E-state index in [4.69, 9.17) is 4.74 Å². The lowest BCUT2D eigenvalue weighted by molar-refractivity contribution is -0.508. The maximum atomic E-state index is 12.3. The third-order valence-corrected chi connectivity index (χ3v) is 5.29. The summed E-state index contributed by atoms with van der Waals surface area (Å²) >= 11 is 0. The van der Waals surface area contributed by atoms with Crippen molar-refractivity contribution >= 4 is 17.8 Å². The predicted octanol–water partition coefficient (Wildman–Crippen LogP) is 3.29. The Morgan fingerprint density at radius 2 is 1.56 bits per heavy atom. The molecule has 0 aliphatic carbocycles. The minimum absolute atomic E-state index is 0.0612. The number of nitrogens with one attached hydrogen (secondary N) is 2. The van der Waals surface area contributed by atoms with Crippen LogP contribution in [0.25, 0.3) is 0 Å². The van der Waals surface area contributed by atoms with Gasteiger partial charge in [0.05, 0.1) is 6.54 Å². The molecule has 0 saturated heterocycles. The number of amides is 2. The smallest absolute Gasteiger partial charge is 0.407 e. The SMILES string of the molecule is CC(CCNC(=O)OCc1ccccc1)CC(=O)NCC(=O)C(CCc1ccccc1)[N+](=O)[O-]. The fourth-order valence-corrected chi connectivity index (χ4v) is 3.32. The maximum Gasteiger partial charge on any atom is 0.407 e. The van der Waals surface area contributed by atoms with E-state index >= 15 is 0 Å². The number of nitro groups is 1. The van der Waals surface area contributed by atoms with E-state index in [0.717, 1.165) is 11.1 Å². The Hall–Kier alpha value is -3.75. The number of Topliss-reactive ketones (excluding diaryl/α,β-unsaturated/α-hetero) is 1. The molecule has 0 aliphatic rings. The third kappa shape index (κ3) is 10.2. The molecule has 9 nitrogen and oxygen atoms in total. The van der Waals surface area contributed by atoms with Crippen LogP contribution < -0.4 is 10.6 Å². The van der Waals surface area contributed by atoms with E-state index in [1.807, 2.05) is 67.6 Å². The van der Waals surface area contributed by atoms with Crippen molar-refractivity contribution in [3.63, 3.8) is 0 Å². The van der Waals surface area contributed by atoms with Gasteiger partial charge in [-0.3, -0.25) is 19.7 Å². The molecule has 2 N–H and O–H groups in total. The van der Waals surface area contributed by atoms with E-state index in [0.29, 0.717) is 19.4 Å². The number of hydrogen-bond donors (Lipinski definition) is 2. The van der Waals surface area contributed by atoms with Gasteiger partial charge in [-0.05, 0) is 29.9 Å². The molecule has 0 saturated carbocycles. The second-order valence-electron chi connectivity index (χ2n) is 8.15. The fourth-order valence-electron chi connectivity index (χ4n) is 3.32. The van der Waals surface area contributed by atoms with Crippen LogP contribution >= 0.6 is 0 Å². The Bertz CT molecular complexity index is 936.